The average Bonchev–Trinajstić information content (AvgIpc) is 2.98. The molecule has 0 fully saturated rings. The number of benzene rings is 2. The molecule has 0 spiro atoms. The van der Waals surface area contributed by atoms with Gasteiger partial charge in [0.2, 0.25) is 0 Å². The quantitative estimate of drug-likeness (QED) is 0.512. The van der Waals surface area contributed by atoms with E-state index in [4.69, 9.17) is 33.3 Å². The number of likely N-dealkylation sites (N-methyl/N-ethyl adjacent to an activating group) is 1. The smallest absolute Gasteiger partial charge is 0.199 e. The molecule has 0 saturated carbocycles. The summed E-state index contributed by atoms with van der Waals surface area (Å²) in [7, 11) is 5.58. The Kier molecular flexibility index (Phi) is 6.72. The molecule has 8 heteroatoms. The van der Waals surface area contributed by atoms with Gasteiger partial charge in [-0.1, -0.05) is 11.6 Å². The Morgan fingerprint density at radius 3 is 2.36 bits per heavy atom. The van der Waals surface area contributed by atoms with Crippen molar-refractivity contribution in [2.75, 3.05) is 27.3 Å². The van der Waals surface area contributed by atoms with Crippen molar-refractivity contribution in [3.05, 3.63) is 58.3 Å². The van der Waals surface area contributed by atoms with Crippen molar-refractivity contribution in [1.82, 2.24) is 19.2 Å². The van der Waals surface area contributed by atoms with Crippen LogP contribution in [0, 0.1) is 4.77 Å². The summed E-state index contributed by atoms with van der Waals surface area (Å²) in [5, 5.41) is 5.38. The maximum Gasteiger partial charge on any atom is 0.199 e. The summed E-state index contributed by atoms with van der Waals surface area (Å²) in [6, 6.07) is 15.1. The second-order valence-corrected chi connectivity index (χ2v) is 7.22. The van der Waals surface area contributed by atoms with E-state index in [1.165, 1.54) is 0 Å². The van der Waals surface area contributed by atoms with E-state index in [-0.39, 0.29) is 0 Å². The van der Waals surface area contributed by atoms with E-state index in [0.717, 1.165) is 29.4 Å². The summed E-state index contributed by atoms with van der Waals surface area (Å²) in [6.07, 6.45) is 0. The molecule has 3 aromatic rings. The SMILES string of the molecule is COc1ccc(-c2nn(CN(C)CCOc3ccc(Cl)cc3)c(=S)n2C)cc1. The van der Waals surface area contributed by atoms with Crippen LogP contribution >= 0.6 is 23.8 Å². The third-order valence-electron chi connectivity index (χ3n) is 4.32. The predicted molar refractivity (Wildman–Crippen MR) is 114 cm³/mol. The van der Waals surface area contributed by atoms with Crippen LogP contribution in [0.3, 0.4) is 0 Å². The maximum absolute atomic E-state index is 5.88. The van der Waals surface area contributed by atoms with Crippen molar-refractivity contribution in [2.45, 2.75) is 6.67 Å². The third kappa shape index (κ3) is 4.92. The highest BCUT2D eigenvalue weighted by Crippen LogP contribution is 2.21. The van der Waals surface area contributed by atoms with Crippen LogP contribution in [0.5, 0.6) is 11.5 Å². The molecule has 3 rings (SSSR count). The molecule has 0 aliphatic carbocycles. The van der Waals surface area contributed by atoms with E-state index in [2.05, 4.69) is 10.00 Å². The molecule has 1 heterocycles. The van der Waals surface area contributed by atoms with E-state index >= 15 is 0 Å². The Hall–Kier alpha value is -2.35. The largest absolute Gasteiger partial charge is 0.497 e. The van der Waals surface area contributed by atoms with Gasteiger partial charge in [0.1, 0.15) is 18.1 Å². The minimum atomic E-state index is 0.559. The van der Waals surface area contributed by atoms with E-state index in [1.54, 1.807) is 7.11 Å². The van der Waals surface area contributed by atoms with Crippen LogP contribution in [0.15, 0.2) is 48.5 Å². The Labute approximate surface area is 174 Å². The van der Waals surface area contributed by atoms with Crippen LogP contribution < -0.4 is 9.47 Å². The summed E-state index contributed by atoms with van der Waals surface area (Å²) >= 11 is 11.4. The molecule has 0 saturated heterocycles. The molecule has 0 amide bonds. The zero-order valence-electron chi connectivity index (χ0n) is 16.1. The normalized spacial score (nSPS) is 11.0. The molecule has 0 aliphatic heterocycles. The van der Waals surface area contributed by atoms with Crippen LogP contribution in [0.1, 0.15) is 0 Å². The fourth-order valence-electron chi connectivity index (χ4n) is 2.72. The summed E-state index contributed by atoms with van der Waals surface area (Å²) in [6.45, 7) is 1.87. The summed E-state index contributed by atoms with van der Waals surface area (Å²) in [5.74, 6) is 2.43. The number of nitrogens with zero attached hydrogens (tertiary/aromatic N) is 4. The number of hydrogen-bond donors (Lipinski definition) is 0. The van der Waals surface area contributed by atoms with Crippen LogP contribution in [-0.4, -0.2) is 46.6 Å². The van der Waals surface area contributed by atoms with Gasteiger partial charge >= 0.3 is 0 Å². The molecule has 0 N–H and O–H groups in total. The lowest BCUT2D eigenvalue weighted by molar-refractivity contribution is 0.198. The predicted octanol–water partition coefficient (Wildman–Crippen LogP) is 4.25. The van der Waals surface area contributed by atoms with Crippen molar-refractivity contribution >= 4 is 23.8 Å². The molecule has 0 aliphatic rings. The lowest BCUT2D eigenvalue weighted by atomic mass is 10.2. The van der Waals surface area contributed by atoms with Gasteiger partial charge in [0.05, 0.1) is 13.8 Å². The van der Waals surface area contributed by atoms with Gasteiger partial charge in [-0.2, -0.15) is 5.10 Å². The Balaban J connectivity index is 1.61. The van der Waals surface area contributed by atoms with Gasteiger partial charge in [0.25, 0.3) is 0 Å². The summed E-state index contributed by atoms with van der Waals surface area (Å²) in [4.78, 5) is 2.11. The highest BCUT2D eigenvalue weighted by Gasteiger charge is 2.11. The number of methoxy groups -OCH3 is 1. The lowest BCUT2D eigenvalue weighted by Gasteiger charge is -2.16. The molecule has 1 aromatic heterocycles. The van der Waals surface area contributed by atoms with E-state index < -0.39 is 0 Å². The fourth-order valence-corrected chi connectivity index (χ4v) is 3.03. The molecule has 0 bridgehead atoms. The van der Waals surface area contributed by atoms with Gasteiger partial charge in [0.15, 0.2) is 10.6 Å². The van der Waals surface area contributed by atoms with E-state index in [1.807, 2.05) is 71.9 Å². The van der Waals surface area contributed by atoms with Gasteiger partial charge < -0.3 is 14.0 Å². The second-order valence-electron chi connectivity index (χ2n) is 6.42. The van der Waals surface area contributed by atoms with Crippen LogP contribution in [0.4, 0.5) is 0 Å². The summed E-state index contributed by atoms with van der Waals surface area (Å²) in [5.41, 5.74) is 0.988. The van der Waals surface area contributed by atoms with E-state index in [9.17, 15) is 0 Å². The molecule has 0 atom stereocenters. The first kappa shape index (κ1) is 20.4. The van der Waals surface area contributed by atoms with Crippen molar-refractivity contribution in [3.8, 4) is 22.9 Å². The molecule has 28 heavy (non-hydrogen) atoms. The van der Waals surface area contributed by atoms with Crippen LogP contribution in [0.2, 0.25) is 5.02 Å². The zero-order valence-corrected chi connectivity index (χ0v) is 17.7. The topological polar surface area (TPSA) is 44.4 Å². The molecular weight excluding hydrogens is 396 g/mol. The monoisotopic (exact) mass is 418 g/mol. The molecule has 0 unspecified atom stereocenters. The molecule has 2 aromatic carbocycles. The molecular formula is C20H23ClN4O2S. The van der Waals surface area contributed by atoms with Gasteiger partial charge in [-0.15, -0.1) is 0 Å². The third-order valence-corrected chi connectivity index (χ3v) is 5.06. The first-order valence-electron chi connectivity index (χ1n) is 8.83. The Bertz CT molecular complexity index is 967. The van der Waals surface area contributed by atoms with Gasteiger partial charge in [-0.25, -0.2) is 4.68 Å². The van der Waals surface area contributed by atoms with Crippen molar-refractivity contribution in [2.24, 2.45) is 7.05 Å². The zero-order chi connectivity index (χ0) is 20.1. The number of halogens is 1. The first-order chi connectivity index (χ1) is 13.5. The molecule has 6 nitrogen and oxygen atoms in total. The minimum Gasteiger partial charge on any atom is -0.497 e. The maximum atomic E-state index is 5.88. The number of ether oxygens (including phenoxy) is 2. The van der Waals surface area contributed by atoms with Crippen molar-refractivity contribution < 1.29 is 9.47 Å². The fraction of sp³-hybridized carbons (Fsp3) is 0.300. The van der Waals surface area contributed by atoms with Gasteiger partial charge in [-0.3, -0.25) is 4.90 Å². The van der Waals surface area contributed by atoms with Crippen LogP contribution in [-0.2, 0) is 13.7 Å². The number of hydrogen-bond acceptors (Lipinski definition) is 5. The molecule has 0 radical (unpaired) electrons. The standard InChI is InChI=1S/C20H23ClN4O2S/c1-23(12-13-27-18-10-6-16(21)7-11-18)14-25-20(28)24(2)19(22-25)15-4-8-17(26-3)9-5-15/h4-11H,12-14H2,1-3H3. The van der Waals surface area contributed by atoms with Crippen molar-refractivity contribution in [3.63, 3.8) is 0 Å². The summed E-state index contributed by atoms with van der Waals surface area (Å²) < 4.78 is 15.4. The van der Waals surface area contributed by atoms with E-state index in [0.29, 0.717) is 23.1 Å². The molecule has 148 valence electrons. The van der Waals surface area contributed by atoms with Crippen LogP contribution in [0.25, 0.3) is 11.4 Å². The first-order valence-corrected chi connectivity index (χ1v) is 9.61. The second kappa shape index (κ2) is 9.23. The van der Waals surface area contributed by atoms with Crippen molar-refractivity contribution in [1.29, 1.82) is 0 Å². The number of rotatable bonds is 8. The Morgan fingerprint density at radius 2 is 1.71 bits per heavy atom. The minimum absolute atomic E-state index is 0.559. The van der Waals surface area contributed by atoms with Gasteiger partial charge in [0, 0.05) is 24.2 Å². The van der Waals surface area contributed by atoms with Gasteiger partial charge in [-0.05, 0) is 67.8 Å². The highest BCUT2D eigenvalue weighted by atomic mass is 35.5. The lowest BCUT2D eigenvalue weighted by Crippen LogP contribution is -2.27. The average molecular weight is 419 g/mol. The highest BCUT2D eigenvalue weighted by molar-refractivity contribution is 7.71. The number of aromatic nitrogens is 3. The Morgan fingerprint density at radius 1 is 1.07 bits per heavy atom.